The minimum Gasteiger partial charge on any atom is -0.480 e. The van der Waals surface area contributed by atoms with Crippen molar-refractivity contribution >= 4 is 17.7 Å². The highest BCUT2D eigenvalue weighted by atomic mass is 32.2. The Bertz CT molecular complexity index is 341. The van der Waals surface area contributed by atoms with E-state index in [2.05, 4.69) is 0 Å². The Morgan fingerprint density at radius 3 is 2.73 bits per heavy atom. The van der Waals surface area contributed by atoms with Crippen LogP contribution in [0.25, 0.3) is 0 Å². The highest BCUT2D eigenvalue weighted by Gasteiger charge is 2.18. The zero-order valence-corrected chi connectivity index (χ0v) is 9.46. The molecule has 0 saturated carbocycles. The van der Waals surface area contributed by atoms with Gasteiger partial charge in [0.2, 0.25) is 0 Å². The van der Waals surface area contributed by atoms with E-state index in [-0.39, 0.29) is 0 Å². The van der Waals surface area contributed by atoms with Gasteiger partial charge in [0, 0.05) is 4.90 Å². The van der Waals surface area contributed by atoms with Crippen molar-refractivity contribution in [3.05, 3.63) is 29.8 Å². The average molecular weight is 225 g/mol. The third-order valence-corrected chi connectivity index (χ3v) is 3.50. The molecule has 4 heteroatoms. The molecule has 1 rings (SSSR count). The smallest absolute Gasteiger partial charge is 0.317 e. The van der Waals surface area contributed by atoms with E-state index in [1.165, 1.54) is 11.8 Å². The molecule has 82 valence electrons. The topological polar surface area (TPSA) is 63.3 Å². The Balaban J connectivity index is 2.74. The Labute approximate surface area is 93.7 Å². The van der Waals surface area contributed by atoms with Gasteiger partial charge in [0.25, 0.3) is 0 Å². The molecule has 1 aromatic carbocycles. The Hall–Kier alpha value is -1.00. The van der Waals surface area contributed by atoms with Crippen LogP contribution in [0.15, 0.2) is 29.2 Å². The molecule has 0 aliphatic carbocycles. The van der Waals surface area contributed by atoms with Crippen molar-refractivity contribution in [3.63, 3.8) is 0 Å². The number of hydrogen-bond donors (Lipinski definition) is 2. The van der Waals surface area contributed by atoms with Crippen molar-refractivity contribution in [2.45, 2.75) is 23.5 Å². The molecule has 15 heavy (non-hydrogen) atoms. The summed E-state index contributed by atoms with van der Waals surface area (Å²) < 4.78 is 0. The van der Waals surface area contributed by atoms with Gasteiger partial charge in [0.05, 0.1) is 0 Å². The second-order valence-electron chi connectivity index (χ2n) is 3.29. The van der Waals surface area contributed by atoms with Crippen molar-refractivity contribution in [2.24, 2.45) is 5.73 Å². The molecule has 0 aliphatic heterocycles. The Morgan fingerprint density at radius 2 is 2.20 bits per heavy atom. The third-order valence-electron chi connectivity index (χ3n) is 2.07. The van der Waals surface area contributed by atoms with Crippen LogP contribution in [0.2, 0.25) is 0 Å². The molecule has 3 N–H and O–H groups in total. The second kappa shape index (κ2) is 5.78. The van der Waals surface area contributed by atoms with Gasteiger partial charge in [-0.25, -0.2) is 0 Å². The molecule has 0 amide bonds. The van der Waals surface area contributed by atoms with E-state index >= 15 is 0 Å². The molecule has 3 nitrogen and oxygen atoms in total. The first-order valence-corrected chi connectivity index (χ1v) is 5.68. The molecule has 0 heterocycles. The van der Waals surface area contributed by atoms with Crippen LogP contribution in [0, 0.1) is 6.92 Å². The number of aliphatic carboxylic acids is 1. The van der Waals surface area contributed by atoms with Crippen LogP contribution < -0.4 is 5.73 Å². The lowest BCUT2D eigenvalue weighted by molar-refractivity contribution is -0.136. The quantitative estimate of drug-likeness (QED) is 0.751. The largest absolute Gasteiger partial charge is 0.480 e. The summed E-state index contributed by atoms with van der Waals surface area (Å²) in [5.41, 5.74) is 6.48. The molecular formula is C11H15NO2S. The number of thioether (sulfide) groups is 1. The van der Waals surface area contributed by atoms with Gasteiger partial charge in [-0.1, -0.05) is 18.2 Å². The minimum atomic E-state index is -0.797. The predicted molar refractivity (Wildman–Crippen MR) is 62.1 cm³/mol. The van der Waals surface area contributed by atoms with Crippen molar-refractivity contribution in [1.29, 1.82) is 0 Å². The van der Waals surface area contributed by atoms with Crippen LogP contribution in [0.4, 0.5) is 0 Å². The SMILES string of the molecule is Cc1ccccc1SC(CCN)C(=O)O. The summed E-state index contributed by atoms with van der Waals surface area (Å²) in [6.45, 7) is 2.37. The van der Waals surface area contributed by atoms with Gasteiger partial charge in [-0.3, -0.25) is 4.79 Å². The molecule has 0 aliphatic rings. The maximum atomic E-state index is 10.9. The lowest BCUT2D eigenvalue weighted by atomic mass is 10.2. The van der Waals surface area contributed by atoms with Crippen molar-refractivity contribution in [3.8, 4) is 0 Å². The van der Waals surface area contributed by atoms with E-state index in [4.69, 9.17) is 10.8 Å². The lowest BCUT2D eigenvalue weighted by Gasteiger charge is -2.12. The van der Waals surface area contributed by atoms with Crippen LogP contribution in [0.3, 0.4) is 0 Å². The lowest BCUT2D eigenvalue weighted by Crippen LogP contribution is -2.20. The normalized spacial score (nSPS) is 12.4. The number of carboxylic acid groups (broad SMARTS) is 1. The zero-order chi connectivity index (χ0) is 11.3. The van der Waals surface area contributed by atoms with E-state index in [0.717, 1.165) is 10.5 Å². The third kappa shape index (κ3) is 3.57. The minimum absolute atomic E-state index is 0.399. The Morgan fingerprint density at radius 1 is 1.53 bits per heavy atom. The number of hydrogen-bond acceptors (Lipinski definition) is 3. The molecule has 0 fully saturated rings. The summed E-state index contributed by atoms with van der Waals surface area (Å²) >= 11 is 1.37. The predicted octanol–water partition coefficient (Wildman–Crippen LogP) is 1.89. The summed E-state index contributed by atoms with van der Waals surface area (Å²) in [4.78, 5) is 11.9. The zero-order valence-electron chi connectivity index (χ0n) is 8.64. The molecule has 0 bridgehead atoms. The Kier molecular flexibility index (Phi) is 4.65. The molecule has 0 spiro atoms. The van der Waals surface area contributed by atoms with E-state index in [9.17, 15) is 4.79 Å². The van der Waals surface area contributed by atoms with Crippen LogP contribution in [-0.2, 0) is 4.79 Å². The van der Waals surface area contributed by atoms with Crippen molar-refractivity contribution in [1.82, 2.24) is 0 Å². The van der Waals surface area contributed by atoms with Crippen LogP contribution >= 0.6 is 11.8 Å². The number of carboxylic acids is 1. The molecule has 0 aromatic heterocycles. The number of rotatable bonds is 5. The fraction of sp³-hybridized carbons (Fsp3) is 0.364. The fourth-order valence-corrected chi connectivity index (χ4v) is 2.30. The van der Waals surface area contributed by atoms with E-state index in [1.807, 2.05) is 31.2 Å². The molecular weight excluding hydrogens is 210 g/mol. The van der Waals surface area contributed by atoms with E-state index in [0.29, 0.717) is 13.0 Å². The highest BCUT2D eigenvalue weighted by Crippen LogP contribution is 2.27. The molecule has 0 radical (unpaired) electrons. The van der Waals surface area contributed by atoms with Gasteiger partial charge in [-0.05, 0) is 31.5 Å². The molecule has 1 aromatic rings. The standard InChI is InChI=1S/C11H15NO2S/c1-8-4-2-3-5-9(8)15-10(6-7-12)11(13)14/h2-5,10H,6-7,12H2,1H3,(H,13,14). The fourth-order valence-electron chi connectivity index (χ4n) is 1.23. The summed E-state index contributed by atoms with van der Waals surface area (Å²) in [6, 6.07) is 7.77. The van der Waals surface area contributed by atoms with Crippen LogP contribution in [0.5, 0.6) is 0 Å². The van der Waals surface area contributed by atoms with Gasteiger partial charge in [-0.2, -0.15) is 0 Å². The first kappa shape index (κ1) is 12.1. The summed E-state index contributed by atoms with van der Waals surface area (Å²) in [7, 11) is 0. The number of benzene rings is 1. The van der Waals surface area contributed by atoms with Crippen molar-refractivity contribution in [2.75, 3.05) is 6.54 Å². The van der Waals surface area contributed by atoms with Crippen molar-refractivity contribution < 1.29 is 9.90 Å². The second-order valence-corrected chi connectivity index (χ2v) is 4.53. The first-order chi connectivity index (χ1) is 7.15. The summed E-state index contributed by atoms with van der Waals surface area (Å²) in [5, 5.41) is 8.53. The maximum Gasteiger partial charge on any atom is 0.317 e. The van der Waals surface area contributed by atoms with Gasteiger partial charge < -0.3 is 10.8 Å². The maximum absolute atomic E-state index is 10.9. The monoisotopic (exact) mass is 225 g/mol. The van der Waals surface area contributed by atoms with Gasteiger partial charge in [0.1, 0.15) is 5.25 Å². The van der Waals surface area contributed by atoms with Crippen LogP contribution in [-0.4, -0.2) is 22.9 Å². The van der Waals surface area contributed by atoms with Gasteiger partial charge in [0.15, 0.2) is 0 Å². The van der Waals surface area contributed by atoms with Gasteiger partial charge in [-0.15, -0.1) is 11.8 Å². The highest BCUT2D eigenvalue weighted by molar-refractivity contribution is 8.00. The van der Waals surface area contributed by atoms with Gasteiger partial charge >= 0.3 is 5.97 Å². The number of carbonyl (C=O) groups is 1. The number of nitrogens with two attached hydrogens (primary N) is 1. The molecule has 1 unspecified atom stereocenters. The summed E-state index contributed by atoms with van der Waals surface area (Å²) in [5.74, 6) is -0.797. The first-order valence-electron chi connectivity index (χ1n) is 4.80. The van der Waals surface area contributed by atoms with E-state index in [1.54, 1.807) is 0 Å². The number of aryl methyl sites for hydroxylation is 1. The van der Waals surface area contributed by atoms with E-state index < -0.39 is 11.2 Å². The average Bonchev–Trinajstić information content (AvgIpc) is 2.20. The molecule has 1 atom stereocenters. The molecule has 0 saturated heterocycles. The van der Waals surface area contributed by atoms with Crippen LogP contribution in [0.1, 0.15) is 12.0 Å². The summed E-state index contributed by atoms with van der Waals surface area (Å²) in [6.07, 6.45) is 0.494.